The quantitative estimate of drug-likeness (QED) is 0.687. The average Bonchev–Trinajstić information content (AvgIpc) is 3.34. The number of hydrogen-bond acceptors (Lipinski definition) is 4. The lowest BCUT2D eigenvalue weighted by Crippen LogP contribution is -2.24. The number of rotatable bonds is 9. The maximum atomic E-state index is 12.1. The molecule has 1 amide bonds. The number of methoxy groups -OCH3 is 1. The van der Waals surface area contributed by atoms with Crippen LogP contribution in [0.25, 0.3) is 0 Å². The van der Waals surface area contributed by atoms with Gasteiger partial charge in [-0.3, -0.25) is 4.79 Å². The number of carbonyl (C=O) groups excluding carboxylic acids is 1. The zero-order valence-electron chi connectivity index (χ0n) is 13.6. The number of amides is 1. The first-order valence-corrected chi connectivity index (χ1v) is 7.90. The van der Waals surface area contributed by atoms with Gasteiger partial charge in [-0.1, -0.05) is 12.1 Å². The largest absolute Gasteiger partial charge is 0.492 e. The SMILES string of the molecule is CNC(=O)c1cccc(C(C)NC2CC2)c1OCCCOC. The summed E-state index contributed by atoms with van der Waals surface area (Å²) in [7, 11) is 3.31. The molecule has 5 heteroatoms. The van der Waals surface area contributed by atoms with Gasteiger partial charge in [0, 0.05) is 44.8 Å². The van der Waals surface area contributed by atoms with Gasteiger partial charge in [0.1, 0.15) is 5.75 Å². The summed E-state index contributed by atoms with van der Waals surface area (Å²) in [5, 5.41) is 6.24. The first-order valence-electron chi connectivity index (χ1n) is 7.90. The monoisotopic (exact) mass is 306 g/mol. The molecule has 0 bridgehead atoms. The predicted octanol–water partition coefficient (Wildman–Crippen LogP) is 2.27. The van der Waals surface area contributed by atoms with Gasteiger partial charge < -0.3 is 20.1 Å². The lowest BCUT2D eigenvalue weighted by Gasteiger charge is -2.20. The third-order valence-electron chi connectivity index (χ3n) is 3.79. The summed E-state index contributed by atoms with van der Waals surface area (Å²) < 4.78 is 11.0. The minimum Gasteiger partial charge on any atom is -0.492 e. The summed E-state index contributed by atoms with van der Waals surface area (Å²) in [4.78, 5) is 12.1. The Hall–Kier alpha value is -1.59. The first kappa shape index (κ1) is 16.8. The molecular weight excluding hydrogens is 280 g/mol. The van der Waals surface area contributed by atoms with Gasteiger partial charge in [0.25, 0.3) is 5.91 Å². The second-order valence-electron chi connectivity index (χ2n) is 5.66. The molecule has 1 fully saturated rings. The van der Waals surface area contributed by atoms with Gasteiger partial charge in [-0.25, -0.2) is 0 Å². The number of benzene rings is 1. The number of para-hydroxylation sites is 1. The van der Waals surface area contributed by atoms with Crippen molar-refractivity contribution in [1.29, 1.82) is 0 Å². The van der Waals surface area contributed by atoms with Crippen molar-refractivity contribution in [1.82, 2.24) is 10.6 Å². The van der Waals surface area contributed by atoms with E-state index in [1.54, 1.807) is 20.2 Å². The number of carbonyl (C=O) groups is 1. The summed E-state index contributed by atoms with van der Waals surface area (Å²) in [5.74, 6) is 0.556. The Kier molecular flexibility index (Phi) is 6.21. The summed E-state index contributed by atoms with van der Waals surface area (Å²) in [6.07, 6.45) is 3.25. The van der Waals surface area contributed by atoms with E-state index in [1.165, 1.54) is 12.8 Å². The molecule has 122 valence electrons. The smallest absolute Gasteiger partial charge is 0.254 e. The van der Waals surface area contributed by atoms with Crippen LogP contribution in [0.3, 0.4) is 0 Å². The second kappa shape index (κ2) is 8.15. The van der Waals surface area contributed by atoms with Gasteiger partial charge in [0.15, 0.2) is 0 Å². The molecule has 0 aliphatic heterocycles. The summed E-state index contributed by atoms with van der Waals surface area (Å²) >= 11 is 0. The van der Waals surface area contributed by atoms with Gasteiger partial charge >= 0.3 is 0 Å². The van der Waals surface area contributed by atoms with Crippen LogP contribution in [0.4, 0.5) is 0 Å². The Bertz CT molecular complexity index is 501. The summed E-state index contributed by atoms with van der Waals surface area (Å²) in [5.41, 5.74) is 1.62. The molecule has 0 radical (unpaired) electrons. The standard InChI is InChI=1S/C17H26N2O3/c1-12(19-13-8-9-13)14-6-4-7-15(17(20)18-2)16(14)22-11-5-10-21-3/h4,6-7,12-13,19H,5,8-11H2,1-3H3,(H,18,20). The van der Waals surface area contributed by atoms with E-state index < -0.39 is 0 Å². The Morgan fingerprint density at radius 1 is 1.36 bits per heavy atom. The molecule has 2 N–H and O–H groups in total. The van der Waals surface area contributed by atoms with Crippen LogP contribution in [0.1, 0.15) is 48.1 Å². The highest BCUT2D eigenvalue weighted by Crippen LogP contribution is 2.32. The van der Waals surface area contributed by atoms with Crippen molar-refractivity contribution in [3.05, 3.63) is 29.3 Å². The van der Waals surface area contributed by atoms with Crippen molar-refractivity contribution in [2.24, 2.45) is 0 Å². The molecule has 0 heterocycles. The van der Waals surface area contributed by atoms with E-state index in [4.69, 9.17) is 9.47 Å². The lowest BCUT2D eigenvalue weighted by atomic mass is 10.0. The van der Waals surface area contributed by atoms with Crippen molar-refractivity contribution in [3.8, 4) is 5.75 Å². The van der Waals surface area contributed by atoms with Gasteiger partial charge in [-0.2, -0.15) is 0 Å². The highest BCUT2D eigenvalue weighted by atomic mass is 16.5. The molecule has 1 atom stereocenters. The Morgan fingerprint density at radius 2 is 2.14 bits per heavy atom. The fraction of sp³-hybridized carbons (Fsp3) is 0.588. The Balaban J connectivity index is 2.19. The predicted molar refractivity (Wildman–Crippen MR) is 86.4 cm³/mol. The Morgan fingerprint density at radius 3 is 2.77 bits per heavy atom. The van der Waals surface area contributed by atoms with E-state index in [2.05, 4.69) is 17.6 Å². The van der Waals surface area contributed by atoms with Crippen molar-refractivity contribution in [2.75, 3.05) is 27.4 Å². The zero-order chi connectivity index (χ0) is 15.9. The van der Waals surface area contributed by atoms with Gasteiger partial charge in [0.2, 0.25) is 0 Å². The van der Waals surface area contributed by atoms with Gasteiger partial charge in [-0.15, -0.1) is 0 Å². The van der Waals surface area contributed by atoms with Crippen LogP contribution < -0.4 is 15.4 Å². The highest BCUT2D eigenvalue weighted by molar-refractivity contribution is 5.97. The second-order valence-corrected chi connectivity index (χ2v) is 5.66. The van der Waals surface area contributed by atoms with Gasteiger partial charge in [-0.05, 0) is 25.8 Å². The van der Waals surface area contributed by atoms with Crippen LogP contribution in [-0.2, 0) is 4.74 Å². The molecule has 1 unspecified atom stereocenters. The number of hydrogen-bond donors (Lipinski definition) is 2. The van der Waals surface area contributed by atoms with Crippen LogP contribution in [0.15, 0.2) is 18.2 Å². The van der Waals surface area contributed by atoms with Crippen molar-refractivity contribution < 1.29 is 14.3 Å². The van der Waals surface area contributed by atoms with Gasteiger partial charge in [0.05, 0.1) is 12.2 Å². The maximum Gasteiger partial charge on any atom is 0.254 e. The van der Waals surface area contributed by atoms with E-state index in [0.29, 0.717) is 30.6 Å². The zero-order valence-corrected chi connectivity index (χ0v) is 13.6. The normalized spacial score (nSPS) is 15.4. The molecule has 5 nitrogen and oxygen atoms in total. The van der Waals surface area contributed by atoms with E-state index in [0.717, 1.165) is 12.0 Å². The van der Waals surface area contributed by atoms with Crippen LogP contribution in [0.2, 0.25) is 0 Å². The molecule has 1 aromatic rings. The van der Waals surface area contributed by atoms with Crippen LogP contribution in [0.5, 0.6) is 5.75 Å². The van der Waals surface area contributed by atoms with E-state index >= 15 is 0 Å². The number of ether oxygens (including phenoxy) is 2. The first-order chi connectivity index (χ1) is 10.7. The topological polar surface area (TPSA) is 59.6 Å². The molecule has 1 aromatic carbocycles. The van der Waals surface area contributed by atoms with E-state index in [-0.39, 0.29) is 11.9 Å². The molecule has 0 aromatic heterocycles. The molecule has 0 spiro atoms. The highest BCUT2D eigenvalue weighted by Gasteiger charge is 2.26. The summed E-state index contributed by atoms with van der Waals surface area (Å²) in [6.45, 7) is 3.29. The molecule has 2 rings (SSSR count). The van der Waals surface area contributed by atoms with Crippen LogP contribution in [0, 0.1) is 0 Å². The van der Waals surface area contributed by atoms with Crippen molar-refractivity contribution in [2.45, 2.75) is 38.3 Å². The molecule has 1 aliphatic carbocycles. The summed E-state index contributed by atoms with van der Waals surface area (Å²) in [6, 6.07) is 6.50. The minimum atomic E-state index is -0.123. The number of nitrogens with one attached hydrogen (secondary N) is 2. The third kappa shape index (κ3) is 4.45. The fourth-order valence-electron chi connectivity index (χ4n) is 2.44. The average molecular weight is 306 g/mol. The fourth-order valence-corrected chi connectivity index (χ4v) is 2.44. The molecule has 0 saturated heterocycles. The molecule has 22 heavy (non-hydrogen) atoms. The lowest BCUT2D eigenvalue weighted by molar-refractivity contribution is 0.0958. The van der Waals surface area contributed by atoms with Crippen LogP contribution in [-0.4, -0.2) is 39.3 Å². The maximum absolute atomic E-state index is 12.1. The van der Waals surface area contributed by atoms with E-state index in [1.807, 2.05) is 12.1 Å². The van der Waals surface area contributed by atoms with E-state index in [9.17, 15) is 4.79 Å². The Labute approximate surface area is 132 Å². The molecule has 1 saturated carbocycles. The van der Waals surface area contributed by atoms with Crippen LogP contribution >= 0.6 is 0 Å². The van der Waals surface area contributed by atoms with Crippen molar-refractivity contribution in [3.63, 3.8) is 0 Å². The molecule has 1 aliphatic rings. The van der Waals surface area contributed by atoms with Crippen molar-refractivity contribution >= 4 is 5.91 Å². The molecular formula is C17H26N2O3. The third-order valence-corrected chi connectivity index (χ3v) is 3.79. The minimum absolute atomic E-state index is 0.123.